The molecule has 0 aliphatic heterocycles. The molecular weight excluding hydrogens is 262 g/mol. The fraction of sp³-hybridized carbons (Fsp3) is 0.588. The molecule has 2 aromatic heterocycles. The molecule has 1 aliphatic carbocycles. The van der Waals surface area contributed by atoms with Crippen molar-refractivity contribution in [2.45, 2.75) is 65.0 Å². The Hall–Kier alpha value is -1.55. The van der Waals surface area contributed by atoms with Crippen molar-refractivity contribution in [3.63, 3.8) is 0 Å². The second kappa shape index (κ2) is 5.34. The SMILES string of the molecule is Cc1oc(C(C)(C)C)cc1CNC1CCc2cn[nH]c2C1. The zero-order valence-corrected chi connectivity index (χ0v) is 13.4. The molecule has 1 aliphatic rings. The highest BCUT2D eigenvalue weighted by Gasteiger charge is 2.22. The van der Waals surface area contributed by atoms with Crippen molar-refractivity contribution in [2.24, 2.45) is 0 Å². The van der Waals surface area contributed by atoms with Crippen LogP contribution in [0.15, 0.2) is 16.7 Å². The first-order valence-electron chi connectivity index (χ1n) is 7.78. The number of H-pyrrole nitrogens is 1. The third-order valence-corrected chi connectivity index (χ3v) is 4.36. The summed E-state index contributed by atoms with van der Waals surface area (Å²) in [6.07, 6.45) is 5.29. The fourth-order valence-corrected chi connectivity index (χ4v) is 2.90. The predicted octanol–water partition coefficient (Wildman–Crippen LogP) is 3.26. The normalized spacial score (nSPS) is 18.8. The zero-order valence-electron chi connectivity index (χ0n) is 13.4. The minimum Gasteiger partial charge on any atom is -0.465 e. The third kappa shape index (κ3) is 3.05. The van der Waals surface area contributed by atoms with Gasteiger partial charge in [-0.3, -0.25) is 5.10 Å². The van der Waals surface area contributed by atoms with E-state index in [1.54, 1.807) is 0 Å². The van der Waals surface area contributed by atoms with Crippen molar-refractivity contribution < 1.29 is 4.42 Å². The van der Waals surface area contributed by atoms with Crippen LogP contribution in [0.25, 0.3) is 0 Å². The predicted molar refractivity (Wildman–Crippen MR) is 83.4 cm³/mol. The summed E-state index contributed by atoms with van der Waals surface area (Å²) in [6, 6.07) is 2.72. The van der Waals surface area contributed by atoms with Crippen LogP contribution >= 0.6 is 0 Å². The van der Waals surface area contributed by atoms with Crippen LogP contribution in [-0.2, 0) is 24.8 Å². The van der Waals surface area contributed by atoms with E-state index >= 15 is 0 Å². The molecular formula is C17H25N3O. The highest BCUT2D eigenvalue weighted by Crippen LogP contribution is 2.27. The Kier molecular flexibility index (Phi) is 3.66. The average Bonchev–Trinajstić information content (AvgIpc) is 3.01. The van der Waals surface area contributed by atoms with E-state index in [2.05, 4.69) is 49.3 Å². The van der Waals surface area contributed by atoms with Crippen molar-refractivity contribution in [1.82, 2.24) is 15.5 Å². The van der Waals surface area contributed by atoms with Crippen LogP contribution in [0.1, 0.15) is 55.5 Å². The van der Waals surface area contributed by atoms with Gasteiger partial charge in [-0.05, 0) is 31.4 Å². The van der Waals surface area contributed by atoms with Crippen molar-refractivity contribution in [3.8, 4) is 0 Å². The molecule has 0 aromatic carbocycles. The summed E-state index contributed by atoms with van der Waals surface area (Å²) >= 11 is 0. The average molecular weight is 287 g/mol. The molecule has 0 saturated carbocycles. The van der Waals surface area contributed by atoms with Crippen molar-refractivity contribution in [2.75, 3.05) is 0 Å². The number of furan rings is 1. The maximum atomic E-state index is 5.91. The molecule has 0 spiro atoms. The van der Waals surface area contributed by atoms with Crippen LogP contribution in [0.4, 0.5) is 0 Å². The van der Waals surface area contributed by atoms with E-state index in [0.717, 1.165) is 30.9 Å². The molecule has 1 unspecified atom stereocenters. The maximum Gasteiger partial charge on any atom is 0.109 e. The van der Waals surface area contributed by atoms with Gasteiger partial charge in [0.15, 0.2) is 0 Å². The number of rotatable bonds is 3. The van der Waals surface area contributed by atoms with E-state index in [1.807, 2.05) is 6.20 Å². The number of aromatic amines is 1. The summed E-state index contributed by atoms with van der Waals surface area (Å²) in [6.45, 7) is 9.48. The molecule has 0 fully saturated rings. The van der Waals surface area contributed by atoms with Crippen LogP contribution in [0.2, 0.25) is 0 Å². The molecule has 2 aromatic rings. The van der Waals surface area contributed by atoms with Crippen molar-refractivity contribution in [3.05, 3.63) is 40.6 Å². The van der Waals surface area contributed by atoms with Crippen LogP contribution in [0.5, 0.6) is 0 Å². The number of hydrogen-bond acceptors (Lipinski definition) is 3. The first-order chi connectivity index (χ1) is 9.93. The van der Waals surface area contributed by atoms with E-state index in [9.17, 15) is 0 Å². The number of fused-ring (bicyclic) bond motifs is 1. The van der Waals surface area contributed by atoms with Crippen LogP contribution in [0, 0.1) is 6.92 Å². The van der Waals surface area contributed by atoms with Crippen molar-refractivity contribution in [1.29, 1.82) is 0 Å². The van der Waals surface area contributed by atoms with Gasteiger partial charge in [0, 0.05) is 35.7 Å². The lowest BCUT2D eigenvalue weighted by Crippen LogP contribution is -2.34. The molecule has 114 valence electrons. The lowest BCUT2D eigenvalue weighted by Gasteiger charge is -2.22. The third-order valence-electron chi connectivity index (χ3n) is 4.36. The molecule has 2 N–H and O–H groups in total. The molecule has 2 heterocycles. The second-order valence-corrected chi connectivity index (χ2v) is 7.14. The van der Waals surface area contributed by atoms with Gasteiger partial charge < -0.3 is 9.73 Å². The molecule has 0 radical (unpaired) electrons. The van der Waals surface area contributed by atoms with E-state index in [1.165, 1.54) is 23.2 Å². The van der Waals surface area contributed by atoms with Crippen LogP contribution < -0.4 is 5.32 Å². The first kappa shape index (κ1) is 14.4. The van der Waals surface area contributed by atoms with E-state index in [0.29, 0.717) is 6.04 Å². The Morgan fingerprint density at radius 3 is 2.95 bits per heavy atom. The molecule has 3 rings (SSSR count). The summed E-state index contributed by atoms with van der Waals surface area (Å²) in [7, 11) is 0. The zero-order chi connectivity index (χ0) is 15.0. The minimum atomic E-state index is 0.0681. The van der Waals surface area contributed by atoms with Crippen LogP contribution in [-0.4, -0.2) is 16.2 Å². The Balaban J connectivity index is 1.62. The van der Waals surface area contributed by atoms with Gasteiger partial charge in [0.05, 0.1) is 6.20 Å². The van der Waals surface area contributed by atoms with Gasteiger partial charge in [0.25, 0.3) is 0 Å². The molecule has 0 bridgehead atoms. The molecule has 0 saturated heterocycles. The van der Waals surface area contributed by atoms with Crippen molar-refractivity contribution >= 4 is 0 Å². The van der Waals surface area contributed by atoms with Gasteiger partial charge in [0.1, 0.15) is 11.5 Å². The Morgan fingerprint density at radius 1 is 1.43 bits per heavy atom. The van der Waals surface area contributed by atoms with Gasteiger partial charge in [-0.25, -0.2) is 0 Å². The summed E-state index contributed by atoms with van der Waals surface area (Å²) in [5.74, 6) is 2.10. The number of hydrogen-bond donors (Lipinski definition) is 2. The first-order valence-corrected chi connectivity index (χ1v) is 7.78. The molecule has 4 nitrogen and oxygen atoms in total. The lowest BCUT2D eigenvalue weighted by atomic mass is 9.92. The molecule has 1 atom stereocenters. The molecule has 21 heavy (non-hydrogen) atoms. The summed E-state index contributed by atoms with van der Waals surface area (Å²) in [5.41, 5.74) is 4.01. The fourth-order valence-electron chi connectivity index (χ4n) is 2.90. The Bertz CT molecular complexity index is 618. The quantitative estimate of drug-likeness (QED) is 0.911. The summed E-state index contributed by atoms with van der Waals surface area (Å²) in [4.78, 5) is 0. The summed E-state index contributed by atoms with van der Waals surface area (Å²) in [5, 5.41) is 10.9. The molecule has 0 amide bonds. The number of nitrogens with zero attached hydrogens (tertiary/aromatic N) is 1. The lowest BCUT2D eigenvalue weighted by molar-refractivity contribution is 0.393. The largest absolute Gasteiger partial charge is 0.465 e. The van der Waals surface area contributed by atoms with Gasteiger partial charge in [-0.15, -0.1) is 0 Å². The van der Waals surface area contributed by atoms with Gasteiger partial charge in [-0.2, -0.15) is 5.10 Å². The monoisotopic (exact) mass is 287 g/mol. The Morgan fingerprint density at radius 2 is 2.24 bits per heavy atom. The van der Waals surface area contributed by atoms with E-state index < -0.39 is 0 Å². The van der Waals surface area contributed by atoms with Gasteiger partial charge in [-0.1, -0.05) is 20.8 Å². The Labute approximate surface area is 126 Å². The number of aryl methyl sites for hydroxylation is 2. The minimum absolute atomic E-state index is 0.0681. The molecule has 4 heteroatoms. The topological polar surface area (TPSA) is 53.9 Å². The number of aromatic nitrogens is 2. The highest BCUT2D eigenvalue weighted by atomic mass is 16.3. The summed E-state index contributed by atoms with van der Waals surface area (Å²) < 4.78 is 5.91. The van der Waals surface area contributed by atoms with E-state index in [-0.39, 0.29) is 5.41 Å². The van der Waals surface area contributed by atoms with Gasteiger partial charge in [0.2, 0.25) is 0 Å². The number of nitrogens with one attached hydrogen (secondary N) is 2. The van der Waals surface area contributed by atoms with E-state index in [4.69, 9.17) is 4.42 Å². The van der Waals surface area contributed by atoms with Gasteiger partial charge >= 0.3 is 0 Å². The maximum absolute atomic E-state index is 5.91. The standard InChI is InChI=1S/C17H25N3O/c1-11-13(7-16(21-11)17(2,3)4)9-18-14-6-5-12-10-19-20-15(12)8-14/h7,10,14,18H,5-6,8-9H2,1-4H3,(H,19,20). The van der Waals surface area contributed by atoms with Crippen LogP contribution in [0.3, 0.4) is 0 Å². The second-order valence-electron chi connectivity index (χ2n) is 7.14. The highest BCUT2D eigenvalue weighted by molar-refractivity contribution is 5.25. The smallest absolute Gasteiger partial charge is 0.109 e.